The largest absolute Gasteiger partial charge is 0.327 e. The van der Waals surface area contributed by atoms with Crippen LogP contribution in [0.2, 0.25) is 0 Å². The predicted octanol–water partition coefficient (Wildman–Crippen LogP) is 3.86. The lowest BCUT2D eigenvalue weighted by Gasteiger charge is -2.14. The normalized spacial score (nSPS) is 13.4. The zero-order valence-electron chi connectivity index (χ0n) is 12.8. The fourth-order valence-corrected chi connectivity index (χ4v) is 3.30. The molecule has 1 atom stereocenters. The molecule has 0 radical (unpaired) electrons. The van der Waals surface area contributed by atoms with Crippen LogP contribution in [0.4, 0.5) is 0 Å². The SMILES string of the molecule is Cc1cccc(CC(N)Cc2nc(C(C)(C)C)cs2)c1. The van der Waals surface area contributed by atoms with Gasteiger partial charge in [-0.15, -0.1) is 11.3 Å². The van der Waals surface area contributed by atoms with Gasteiger partial charge in [-0.05, 0) is 18.9 Å². The smallest absolute Gasteiger partial charge is 0.0944 e. The third-order valence-corrected chi connectivity index (χ3v) is 4.21. The van der Waals surface area contributed by atoms with Gasteiger partial charge in [0.05, 0.1) is 10.7 Å². The summed E-state index contributed by atoms with van der Waals surface area (Å²) >= 11 is 1.73. The van der Waals surface area contributed by atoms with Crippen LogP contribution >= 0.6 is 11.3 Å². The maximum Gasteiger partial charge on any atom is 0.0944 e. The number of nitrogens with two attached hydrogens (primary N) is 1. The lowest BCUT2D eigenvalue weighted by atomic mass is 9.93. The molecule has 1 heterocycles. The van der Waals surface area contributed by atoms with E-state index >= 15 is 0 Å². The minimum Gasteiger partial charge on any atom is -0.327 e. The molecule has 108 valence electrons. The molecule has 0 fully saturated rings. The molecule has 0 saturated heterocycles. The van der Waals surface area contributed by atoms with E-state index in [9.17, 15) is 0 Å². The Hall–Kier alpha value is -1.19. The van der Waals surface area contributed by atoms with Gasteiger partial charge in [-0.3, -0.25) is 0 Å². The average Bonchev–Trinajstić information content (AvgIpc) is 2.76. The zero-order chi connectivity index (χ0) is 14.8. The quantitative estimate of drug-likeness (QED) is 0.927. The van der Waals surface area contributed by atoms with Gasteiger partial charge in [0, 0.05) is 23.3 Å². The van der Waals surface area contributed by atoms with Crippen molar-refractivity contribution in [1.29, 1.82) is 0 Å². The number of aryl methyl sites for hydroxylation is 1. The van der Waals surface area contributed by atoms with Crippen LogP contribution in [0.25, 0.3) is 0 Å². The van der Waals surface area contributed by atoms with Gasteiger partial charge in [-0.2, -0.15) is 0 Å². The highest BCUT2D eigenvalue weighted by Crippen LogP contribution is 2.24. The van der Waals surface area contributed by atoms with Crippen molar-refractivity contribution in [1.82, 2.24) is 4.98 Å². The monoisotopic (exact) mass is 288 g/mol. The summed E-state index contributed by atoms with van der Waals surface area (Å²) in [5, 5.41) is 3.31. The third-order valence-electron chi connectivity index (χ3n) is 3.34. The summed E-state index contributed by atoms with van der Waals surface area (Å²) < 4.78 is 0. The first-order valence-corrected chi connectivity index (χ1v) is 7.98. The molecule has 0 aliphatic heterocycles. The molecule has 0 aliphatic carbocycles. The number of thiazole rings is 1. The lowest BCUT2D eigenvalue weighted by Crippen LogP contribution is -2.25. The van der Waals surface area contributed by atoms with Crippen LogP contribution in [-0.2, 0) is 18.3 Å². The summed E-state index contributed by atoms with van der Waals surface area (Å²) in [6.45, 7) is 8.70. The van der Waals surface area contributed by atoms with Gasteiger partial charge in [0.15, 0.2) is 0 Å². The van der Waals surface area contributed by atoms with E-state index in [0.29, 0.717) is 0 Å². The van der Waals surface area contributed by atoms with Crippen LogP contribution in [0, 0.1) is 6.92 Å². The second kappa shape index (κ2) is 6.06. The molecule has 3 heteroatoms. The molecule has 2 aromatic rings. The van der Waals surface area contributed by atoms with E-state index in [1.165, 1.54) is 16.8 Å². The van der Waals surface area contributed by atoms with Crippen LogP contribution in [0.15, 0.2) is 29.6 Å². The Balaban J connectivity index is 1.98. The maximum absolute atomic E-state index is 6.27. The van der Waals surface area contributed by atoms with Crippen molar-refractivity contribution in [3.05, 3.63) is 51.5 Å². The van der Waals surface area contributed by atoms with Gasteiger partial charge in [0.1, 0.15) is 0 Å². The van der Waals surface area contributed by atoms with Crippen LogP contribution in [0.1, 0.15) is 42.6 Å². The number of hydrogen-bond acceptors (Lipinski definition) is 3. The Morgan fingerprint density at radius 3 is 2.60 bits per heavy atom. The van der Waals surface area contributed by atoms with E-state index in [-0.39, 0.29) is 11.5 Å². The Morgan fingerprint density at radius 1 is 1.25 bits per heavy atom. The first kappa shape index (κ1) is 15.2. The van der Waals surface area contributed by atoms with Crippen molar-refractivity contribution in [2.24, 2.45) is 5.73 Å². The molecule has 2 nitrogen and oxygen atoms in total. The minimum atomic E-state index is 0.120. The van der Waals surface area contributed by atoms with Crippen molar-refractivity contribution in [2.45, 2.75) is 52.0 Å². The fourth-order valence-electron chi connectivity index (χ4n) is 2.19. The summed E-state index contributed by atoms with van der Waals surface area (Å²) in [5.41, 5.74) is 10.2. The Bertz CT molecular complexity index is 566. The molecule has 2 N–H and O–H groups in total. The van der Waals surface area contributed by atoms with E-state index in [0.717, 1.165) is 17.8 Å². The van der Waals surface area contributed by atoms with Gasteiger partial charge in [0.2, 0.25) is 0 Å². The fraction of sp³-hybridized carbons (Fsp3) is 0.471. The number of hydrogen-bond donors (Lipinski definition) is 1. The lowest BCUT2D eigenvalue weighted by molar-refractivity contribution is 0.567. The minimum absolute atomic E-state index is 0.120. The predicted molar refractivity (Wildman–Crippen MR) is 87.4 cm³/mol. The number of nitrogens with zero attached hydrogens (tertiary/aromatic N) is 1. The zero-order valence-corrected chi connectivity index (χ0v) is 13.6. The van der Waals surface area contributed by atoms with Crippen molar-refractivity contribution in [3.8, 4) is 0 Å². The van der Waals surface area contributed by atoms with Crippen LogP contribution in [0.3, 0.4) is 0 Å². The van der Waals surface area contributed by atoms with E-state index in [4.69, 9.17) is 10.7 Å². The third kappa shape index (κ3) is 4.15. The number of aromatic nitrogens is 1. The van der Waals surface area contributed by atoms with Gasteiger partial charge < -0.3 is 5.73 Å². The second-order valence-electron chi connectivity index (χ2n) is 6.53. The first-order valence-electron chi connectivity index (χ1n) is 7.10. The number of rotatable bonds is 4. The van der Waals surface area contributed by atoms with Crippen molar-refractivity contribution in [3.63, 3.8) is 0 Å². The average molecular weight is 288 g/mol. The summed E-state index contributed by atoms with van der Waals surface area (Å²) in [4.78, 5) is 4.72. The van der Waals surface area contributed by atoms with Gasteiger partial charge >= 0.3 is 0 Å². The molecule has 2 rings (SSSR count). The highest BCUT2D eigenvalue weighted by molar-refractivity contribution is 7.09. The Labute approximate surface area is 126 Å². The molecule has 0 aliphatic rings. The van der Waals surface area contributed by atoms with Crippen LogP contribution in [-0.4, -0.2) is 11.0 Å². The van der Waals surface area contributed by atoms with Crippen molar-refractivity contribution >= 4 is 11.3 Å². The van der Waals surface area contributed by atoms with E-state index in [2.05, 4.69) is 57.3 Å². The summed E-state index contributed by atoms with van der Waals surface area (Å²) in [5.74, 6) is 0. The maximum atomic E-state index is 6.27. The summed E-state index contributed by atoms with van der Waals surface area (Å²) in [7, 11) is 0. The summed E-state index contributed by atoms with van der Waals surface area (Å²) in [6, 6.07) is 8.71. The molecule has 0 bridgehead atoms. The molecule has 0 amide bonds. The molecule has 0 spiro atoms. The summed E-state index contributed by atoms with van der Waals surface area (Å²) in [6.07, 6.45) is 1.76. The van der Waals surface area contributed by atoms with Gasteiger partial charge in [0.25, 0.3) is 0 Å². The highest BCUT2D eigenvalue weighted by atomic mass is 32.1. The van der Waals surface area contributed by atoms with E-state index in [1.54, 1.807) is 11.3 Å². The van der Waals surface area contributed by atoms with E-state index < -0.39 is 0 Å². The molecular weight excluding hydrogens is 264 g/mol. The van der Waals surface area contributed by atoms with Gasteiger partial charge in [-0.25, -0.2) is 4.98 Å². The standard InChI is InChI=1S/C17H24N2S/c1-12-6-5-7-13(8-12)9-14(18)10-16-19-15(11-20-16)17(2,3)4/h5-8,11,14H,9-10,18H2,1-4H3. The number of benzene rings is 1. The topological polar surface area (TPSA) is 38.9 Å². The molecule has 1 aromatic heterocycles. The first-order chi connectivity index (χ1) is 9.34. The Morgan fingerprint density at radius 2 is 2.00 bits per heavy atom. The highest BCUT2D eigenvalue weighted by Gasteiger charge is 2.18. The van der Waals surface area contributed by atoms with Crippen molar-refractivity contribution in [2.75, 3.05) is 0 Å². The van der Waals surface area contributed by atoms with Crippen LogP contribution in [0.5, 0.6) is 0 Å². The molecule has 20 heavy (non-hydrogen) atoms. The Kier molecular flexibility index (Phi) is 4.61. The molecule has 1 unspecified atom stereocenters. The molecule has 0 saturated carbocycles. The second-order valence-corrected chi connectivity index (χ2v) is 7.48. The molecule has 1 aromatic carbocycles. The van der Waals surface area contributed by atoms with E-state index in [1.807, 2.05) is 0 Å². The van der Waals surface area contributed by atoms with Crippen LogP contribution < -0.4 is 5.73 Å². The molecular formula is C17H24N2S. The van der Waals surface area contributed by atoms with Gasteiger partial charge in [-0.1, -0.05) is 50.6 Å². The van der Waals surface area contributed by atoms with Crippen molar-refractivity contribution < 1.29 is 0 Å².